The van der Waals surface area contributed by atoms with Crippen molar-refractivity contribution in [2.24, 2.45) is 0 Å². The van der Waals surface area contributed by atoms with Crippen LogP contribution in [0.1, 0.15) is 25.0 Å². The minimum Gasteiger partial charge on any atom is -0.322 e. The molecular formula is C29H33N3. The average Bonchev–Trinajstić information content (AvgIpc) is 3.23. The molecule has 0 atom stereocenters. The molecule has 1 fully saturated rings. The lowest BCUT2D eigenvalue weighted by Crippen LogP contribution is -2.48. The molecule has 1 aliphatic rings. The Hall–Kier alpha value is -2.88. The summed E-state index contributed by atoms with van der Waals surface area (Å²) in [5.41, 5.74) is 6.52. The van der Waals surface area contributed by atoms with E-state index in [0.29, 0.717) is 6.04 Å². The number of rotatable bonds is 5. The summed E-state index contributed by atoms with van der Waals surface area (Å²) < 4.78 is 2.29. The number of hydrogen-bond donors (Lipinski definition) is 0. The van der Waals surface area contributed by atoms with E-state index >= 15 is 0 Å². The average molecular weight is 424 g/mol. The van der Waals surface area contributed by atoms with E-state index in [1.807, 2.05) is 0 Å². The second kappa shape index (κ2) is 8.93. The fourth-order valence-electron chi connectivity index (χ4n) is 4.96. The highest BCUT2D eigenvalue weighted by Gasteiger charge is 2.19. The van der Waals surface area contributed by atoms with Gasteiger partial charge in [-0.1, -0.05) is 54.6 Å². The summed E-state index contributed by atoms with van der Waals surface area (Å²) in [5.74, 6) is 0. The lowest BCUT2D eigenvalue weighted by atomic mass is 9.99. The number of benzene rings is 3. The molecule has 0 N–H and O–H groups in total. The Labute approximate surface area is 191 Å². The first kappa shape index (κ1) is 21.0. The van der Waals surface area contributed by atoms with E-state index in [0.717, 1.165) is 19.6 Å². The van der Waals surface area contributed by atoms with E-state index in [-0.39, 0.29) is 0 Å². The summed E-state index contributed by atoms with van der Waals surface area (Å²) in [6.07, 6.45) is 4.55. The highest BCUT2D eigenvalue weighted by Crippen LogP contribution is 2.29. The Balaban J connectivity index is 1.38. The van der Waals surface area contributed by atoms with Crippen LogP contribution >= 0.6 is 0 Å². The molecule has 0 radical (unpaired) electrons. The largest absolute Gasteiger partial charge is 0.322 e. The van der Waals surface area contributed by atoms with Crippen molar-refractivity contribution in [3.63, 3.8) is 0 Å². The van der Waals surface area contributed by atoms with Gasteiger partial charge in [0, 0.05) is 62.2 Å². The van der Waals surface area contributed by atoms with E-state index in [1.165, 1.54) is 51.8 Å². The minimum atomic E-state index is 0.650. The quantitative estimate of drug-likeness (QED) is 0.382. The summed E-state index contributed by atoms with van der Waals surface area (Å²) in [6.45, 7) is 12.5. The standard InChI is InChI=1S/C29H33N3/c1-22(2)31-16-14-30(15-17-31)19-24-12-13-26-20-32(21-27(26)18-24)29-11-7-10-28(23(29)3)25-8-5-4-6-9-25/h4-13,18,20-22H,14-17,19H2,1-3H3. The second-order valence-corrected chi connectivity index (χ2v) is 9.35. The van der Waals surface area contributed by atoms with Crippen LogP contribution in [0.3, 0.4) is 0 Å². The lowest BCUT2D eigenvalue weighted by Gasteiger charge is -2.36. The van der Waals surface area contributed by atoms with Crippen LogP contribution in [-0.4, -0.2) is 46.6 Å². The van der Waals surface area contributed by atoms with Gasteiger partial charge in [-0.05, 0) is 60.5 Å². The SMILES string of the molecule is Cc1c(-c2ccccc2)cccc1-n1cc2ccc(CN3CCN(C(C)C)CC3)cc2c1. The first-order valence-electron chi connectivity index (χ1n) is 11.8. The molecule has 3 aromatic carbocycles. The molecule has 1 aromatic heterocycles. The van der Waals surface area contributed by atoms with Crippen molar-refractivity contribution in [3.05, 3.63) is 90.3 Å². The molecule has 2 heterocycles. The van der Waals surface area contributed by atoms with Crippen LogP contribution in [0.2, 0.25) is 0 Å². The van der Waals surface area contributed by atoms with Crippen molar-refractivity contribution in [2.75, 3.05) is 26.2 Å². The van der Waals surface area contributed by atoms with Gasteiger partial charge in [0.15, 0.2) is 0 Å². The van der Waals surface area contributed by atoms with E-state index < -0.39 is 0 Å². The van der Waals surface area contributed by atoms with Gasteiger partial charge in [0.2, 0.25) is 0 Å². The zero-order chi connectivity index (χ0) is 22.1. The molecule has 5 rings (SSSR count). The fraction of sp³-hybridized carbons (Fsp3) is 0.310. The van der Waals surface area contributed by atoms with Crippen molar-refractivity contribution in [2.45, 2.75) is 33.4 Å². The Morgan fingerprint density at radius 2 is 1.53 bits per heavy atom. The van der Waals surface area contributed by atoms with Crippen LogP contribution in [0.4, 0.5) is 0 Å². The predicted octanol–water partition coefficient (Wildman–Crippen LogP) is 6.13. The first-order valence-corrected chi connectivity index (χ1v) is 11.8. The molecule has 0 amide bonds. The lowest BCUT2D eigenvalue weighted by molar-refractivity contribution is 0.104. The molecule has 1 saturated heterocycles. The number of piperazine rings is 1. The predicted molar refractivity (Wildman–Crippen MR) is 135 cm³/mol. The molecular weight excluding hydrogens is 390 g/mol. The number of aromatic nitrogens is 1. The van der Waals surface area contributed by atoms with Crippen molar-refractivity contribution in [3.8, 4) is 16.8 Å². The third-order valence-electron chi connectivity index (χ3n) is 6.92. The molecule has 0 saturated carbocycles. The van der Waals surface area contributed by atoms with Crippen LogP contribution in [0.25, 0.3) is 27.6 Å². The van der Waals surface area contributed by atoms with E-state index in [2.05, 4.69) is 114 Å². The Morgan fingerprint density at radius 3 is 2.28 bits per heavy atom. The van der Waals surface area contributed by atoms with E-state index in [1.54, 1.807) is 0 Å². The Bertz CT molecular complexity index is 1200. The number of nitrogens with zero attached hydrogens (tertiary/aromatic N) is 3. The van der Waals surface area contributed by atoms with Gasteiger partial charge in [-0.2, -0.15) is 0 Å². The summed E-state index contributed by atoms with van der Waals surface area (Å²) in [6, 6.07) is 24.9. The maximum absolute atomic E-state index is 2.59. The molecule has 1 aliphatic heterocycles. The highest BCUT2D eigenvalue weighted by molar-refractivity contribution is 5.84. The molecule has 0 spiro atoms. The topological polar surface area (TPSA) is 11.4 Å². The number of fused-ring (bicyclic) bond motifs is 1. The molecule has 4 aromatic rings. The van der Waals surface area contributed by atoms with Gasteiger partial charge >= 0.3 is 0 Å². The second-order valence-electron chi connectivity index (χ2n) is 9.35. The third kappa shape index (κ3) is 4.23. The normalized spacial score (nSPS) is 15.6. The van der Waals surface area contributed by atoms with Crippen LogP contribution in [0.15, 0.2) is 79.1 Å². The molecule has 0 unspecified atom stereocenters. The van der Waals surface area contributed by atoms with Crippen LogP contribution in [0, 0.1) is 6.92 Å². The zero-order valence-corrected chi connectivity index (χ0v) is 19.5. The maximum atomic E-state index is 2.59. The van der Waals surface area contributed by atoms with Gasteiger partial charge in [-0.15, -0.1) is 0 Å². The highest BCUT2D eigenvalue weighted by atomic mass is 15.3. The first-order chi connectivity index (χ1) is 15.6. The molecule has 0 bridgehead atoms. The number of hydrogen-bond acceptors (Lipinski definition) is 2. The summed E-state index contributed by atoms with van der Waals surface area (Å²) in [4.78, 5) is 5.16. The smallest absolute Gasteiger partial charge is 0.0485 e. The summed E-state index contributed by atoms with van der Waals surface area (Å²) in [5, 5.41) is 2.61. The summed E-state index contributed by atoms with van der Waals surface area (Å²) in [7, 11) is 0. The van der Waals surface area contributed by atoms with Crippen molar-refractivity contribution in [1.29, 1.82) is 0 Å². The Morgan fingerprint density at radius 1 is 0.781 bits per heavy atom. The fourth-order valence-corrected chi connectivity index (χ4v) is 4.96. The summed E-state index contributed by atoms with van der Waals surface area (Å²) >= 11 is 0. The Kier molecular flexibility index (Phi) is 5.86. The van der Waals surface area contributed by atoms with Crippen LogP contribution < -0.4 is 0 Å². The zero-order valence-electron chi connectivity index (χ0n) is 19.5. The maximum Gasteiger partial charge on any atom is 0.0485 e. The van der Waals surface area contributed by atoms with Crippen molar-refractivity contribution < 1.29 is 0 Å². The van der Waals surface area contributed by atoms with E-state index in [4.69, 9.17) is 0 Å². The molecule has 164 valence electrons. The molecule has 32 heavy (non-hydrogen) atoms. The van der Waals surface area contributed by atoms with Gasteiger partial charge in [0.25, 0.3) is 0 Å². The van der Waals surface area contributed by atoms with Gasteiger partial charge < -0.3 is 4.57 Å². The van der Waals surface area contributed by atoms with Crippen molar-refractivity contribution in [1.82, 2.24) is 14.4 Å². The van der Waals surface area contributed by atoms with Crippen LogP contribution in [0.5, 0.6) is 0 Å². The molecule has 0 aliphatic carbocycles. The van der Waals surface area contributed by atoms with Crippen molar-refractivity contribution >= 4 is 10.8 Å². The minimum absolute atomic E-state index is 0.650. The van der Waals surface area contributed by atoms with Gasteiger partial charge in [-0.3, -0.25) is 9.80 Å². The molecule has 3 heteroatoms. The van der Waals surface area contributed by atoms with Gasteiger partial charge in [-0.25, -0.2) is 0 Å². The van der Waals surface area contributed by atoms with Crippen LogP contribution in [-0.2, 0) is 6.54 Å². The van der Waals surface area contributed by atoms with Gasteiger partial charge in [0.1, 0.15) is 0 Å². The molecule has 3 nitrogen and oxygen atoms in total. The third-order valence-corrected chi connectivity index (χ3v) is 6.92. The monoisotopic (exact) mass is 423 g/mol. The van der Waals surface area contributed by atoms with Gasteiger partial charge in [0.05, 0.1) is 0 Å². The van der Waals surface area contributed by atoms with E-state index in [9.17, 15) is 0 Å².